The molecule has 1 saturated heterocycles. The van der Waals surface area contributed by atoms with Gasteiger partial charge >= 0.3 is 23.9 Å². The Kier molecular flexibility index (Phi) is 12.1. The number of nitrogens with one attached hydrogen (secondary N) is 2. The second kappa shape index (κ2) is 15.5. The molecule has 14 nitrogen and oxygen atoms in total. The molecule has 0 radical (unpaired) electrons. The van der Waals surface area contributed by atoms with E-state index in [4.69, 9.17) is 18.9 Å². The molecule has 6 atom stereocenters. The molecule has 1 heterocycles. The van der Waals surface area contributed by atoms with Crippen molar-refractivity contribution >= 4 is 41.9 Å². The Labute approximate surface area is 271 Å². The van der Waals surface area contributed by atoms with Crippen LogP contribution in [0, 0.1) is 11.3 Å². The van der Waals surface area contributed by atoms with Crippen LogP contribution < -0.4 is 10.6 Å². The summed E-state index contributed by atoms with van der Waals surface area (Å²) in [5.41, 5.74) is -1.48. The van der Waals surface area contributed by atoms with Gasteiger partial charge in [-0.25, -0.2) is 14.4 Å². The molecular formula is C33H40N2O12. The van der Waals surface area contributed by atoms with Gasteiger partial charge in [-0.3, -0.25) is 14.4 Å². The molecule has 1 aliphatic heterocycles. The third kappa shape index (κ3) is 8.85. The van der Waals surface area contributed by atoms with E-state index in [0.29, 0.717) is 12.0 Å². The van der Waals surface area contributed by atoms with Crippen LogP contribution in [0.15, 0.2) is 48.5 Å². The van der Waals surface area contributed by atoms with Gasteiger partial charge in [-0.05, 0) is 45.4 Å². The summed E-state index contributed by atoms with van der Waals surface area (Å²) in [4.78, 5) is 77.7. The molecule has 254 valence electrons. The van der Waals surface area contributed by atoms with Crippen LogP contribution in [-0.2, 0) is 49.3 Å². The summed E-state index contributed by atoms with van der Waals surface area (Å²) in [5.74, 6) is -6.59. The number of benzene rings is 2. The lowest BCUT2D eigenvalue weighted by molar-refractivity contribution is -0.189. The molecule has 0 aliphatic carbocycles. The topological polar surface area (TPSA) is 204 Å². The number of ether oxygens (including phenoxy) is 4. The number of carbonyl (C=O) groups excluding carboxylic acids is 6. The molecule has 1 fully saturated rings. The molecule has 1 aliphatic rings. The average molecular weight is 657 g/mol. The molecule has 0 spiro atoms. The molecule has 0 saturated carbocycles. The van der Waals surface area contributed by atoms with Crippen molar-refractivity contribution in [2.24, 2.45) is 11.3 Å². The number of rotatable bonds is 7. The van der Waals surface area contributed by atoms with Gasteiger partial charge in [0.2, 0.25) is 12.5 Å². The van der Waals surface area contributed by atoms with Crippen molar-refractivity contribution in [2.45, 2.75) is 84.5 Å². The number of esters is 4. The normalized spacial score (nSPS) is 25.6. The summed E-state index contributed by atoms with van der Waals surface area (Å²) in [6.45, 7) is 8.38. The number of hydrogen-bond acceptors (Lipinski definition) is 12. The second-order valence-corrected chi connectivity index (χ2v) is 12.0. The number of aliphatic hydroxyl groups is 1. The third-order valence-electron chi connectivity index (χ3n) is 7.67. The highest BCUT2D eigenvalue weighted by Gasteiger charge is 2.47. The van der Waals surface area contributed by atoms with Gasteiger partial charge in [-0.1, -0.05) is 50.2 Å². The van der Waals surface area contributed by atoms with Gasteiger partial charge in [0.1, 0.15) is 18.3 Å². The fourth-order valence-corrected chi connectivity index (χ4v) is 4.73. The lowest BCUT2D eigenvalue weighted by Crippen LogP contribution is -2.52. The average Bonchev–Trinajstić information content (AvgIpc) is 3.02. The Hall–Kier alpha value is -4.98. The Balaban J connectivity index is 2.03. The zero-order valence-corrected chi connectivity index (χ0v) is 26.9. The number of anilines is 1. The zero-order chi connectivity index (χ0) is 35.1. The number of carbonyl (C=O) groups is 6. The Morgan fingerprint density at radius 1 is 0.915 bits per heavy atom. The van der Waals surface area contributed by atoms with Crippen LogP contribution in [0.4, 0.5) is 5.69 Å². The highest BCUT2D eigenvalue weighted by Crippen LogP contribution is 2.31. The summed E-state index contributed by atoms with van der Waals surface area (Å²) < 4.78 is 22.0. The number of cyclic esters (lactones) is 4. The number of hydrogen-bond donors (Lipinski definition) is 4. The molecule has 2 aromatic rings. The first kappa shape index (κ1) is 36.5. The Morgan fingerprint density at radius 3 is 2.19 bits per heavy atom. The van der Waals surface area contributed by atoms with Crippen LogP contribution in [0.25, 0.3) is 0 Å². The van der Waals surface area contributed by atoms with E-state index < -0.39 is 83.4 Å². The van der Waals surface area contributed by atoms with E-state index in [2.05, 4.69) is 10.6 Å². The van der Waals surface area contributed by atoms with Crippen LogP contribution in [0.2, 0.25) is 0 Å². The van der Waals surface area contributed by atoms with Crippen LogP contribution in [-0.4, -0.2) is 83.0 Å². The largest absolute Gasteiger partial charge is 0.505 e. The van der Waals surface area contributed by atoms with E-state index in [1.165, 1.54) is 45.9 Å². The summed E-state index contributed by atoms with van der Waals surface area (Å²) >= 11 is 0. The molecule has 3 rings (SSSR count). The van der Waals surface area contributed by atoms with Gasteiger partial charge in [0, 0.05) is 12.3 Å². The monoisotopic (exact) mass is 656 g/mol. The highest BCUT2D eigenvalue weighted by molar-refractivity contribution is 6.01. The number of aromatic hydroxyl groups is 1. The lowest BCUT2D eigenvalue weighted by Gasteiger charge is -2.35. The van der Waals surface area contributed by atoms with Crippen molar-refractivity contribution in [1.29, 1.82) is 0 Å². The molecule has 0 bridgehead atoms. The maximum absolute atomic E-state index is 13.5. The van der Waals surface area contributed by atoms with Crippen LogP contribution in [0.5, 0.6) is 5.75 Å². The van der Waals surface area contributed by atoms with E-state index in [9.17, 15) is 39.0 Å². The van der Waals surface area contributed by atoms with E-state index in [1.54, 1.807) is 44.2 Å². The summed E-state index contributed by atoms with van der Waals surface area (Å²) in [6.07, 6.45) is -7.26. The van der Waals surface area contributed by atoms with E-state index in [1.807, 2.05) is 0 Å². The fraction of sp³-hybridized carbons (Fsp3) is 0.455. The maximum Gasteiger partial charge on any atom is 0.348 e. The first-order valence-electron chi connectivity index (χ1n) is 15.0. The van der Waals surface area contributed by atoms with Crippen LogP contribution in [0.3, 0.4) is 0 Å². The summed E-state index contributed by atoms with van der Waals surface area (Å²) in [7, 11) is 0. The molecule has 2 amide bonds. The molecule has 0 unspecified atom stereocenters. The van der Waals surface area contributed by atoms with Crippen molar-refractivity contribution in [3.05, 3.63) is 59.7 Å². The number of para-hydroxylation sites is 1. The van der Waals surface area contributed by atoms with Crippen LogP contribution >= 0.6 is 0 Å². The number of phenolic OH excluding ortho intramolecular Hbond substituents is 1. The van der Waals surface area contributed by atoms with Crippen molar-refractivity contribution < 1.29 is 57.9 Å². The first-order valence-corrected chi connectivity index (χ1v) is 15.0. The predicted octanol–water partition coefficient (Wildman–Crippen LogP) is 2.05. The van der Waals surface area contributed by atoms with Crippen LogP contribution in [0.1, 0.15) is 57.5 Å². The van der Waals surface area contributed by atoms with E-state index >= 15 is 0 Å². The van der Waals surface area contributed by atoms with Crippen molar-refractivity contribution in [3.8, 4) is 5.75 Å². The van der Waals surface area contributed by atoms with Gasteiger partial charge in [0.15, 0.2) is 17.9 Å². The highest BCUT2D eigenvalue weighted by atomic mass is 16.6. The zero-order valence-electron chi connectivity index (χ0n) is 26.9. The molecule has 0 aromatic heterocycles. The third-order valence-corrected chi connectivity index (χ3v) is 7.67. The fourth-order valence-electron chi connectivity index (χ4n) is 4.73. The van der Waals surface area contributed by atoms with Gasteiger partial charge in [-0.2, -0.15) is 0 Å². The van der Waals surface area contributed by atoms with Crippen molar-refractivity contribution in [1.82, 2.24) is 5.32 Å². The smallest absolute Gasteiger partial charge is 0.348 e. The second-order valence-electron chi connectivity index (χ2n) is 12.0. The summed E-state index contributed by atoms with van der Waals surface area (Å²) in [5, 5.41) is 26.5. The van der Waals surface area contributed by atoms with Gasteiger partial charge in [0.25, 0.3) is 5.91 Å². The molecule has 47 heavy (non-hydrogen) atoms. The van der Waals surface area contributed by atoms with Gasteiger partial charge < -0.3 is 39.8 Å². The SMILES string of the molecule is CC(C)[C@H]1OC(=O)C(C)(C)[C@H](O)[C@H](Cc2ccccc2)OC(=O)[C@@H](C)OC(=O)[C@@H](NC(=O)c2cccc(NC=O)c2O)[C@@H](C)OC1=O. The molecule has 14 heteroatoms. The standard InChI is InChI=1S/C33H40N2O12/c1-17(2)26-31(42)44-18(3)24(35-28(39)21-13-10-14-22(25(21)37)34-16-36)30(41)45-19(4)29(40)46-23(15-20-11-8-7-9-12-20)27(38)33(5,6)32(43)47-26/h7-14,16-19,23-24,26-27,37-38H,15H2,1-6H3,(H,34,36)(H,35,39)/t18-,19-,23+,24+,26-,27-/m1/s1. The minimum Gasteiger partial charge on any atom is -0.505 e. The minimum atomic E-state index is -1.75. The van der Waals surface area contributed by atoms with Crippen molar-refractivity contribution in [3.63, 3.8) is 0 Å². The molecular weight excluding hydrogens is 616 g/mol. The van der Waals surface area contributed by atoms with Gasteiger partial charge in [0.05, 0.1) is 16.7 Å². The molecule has 4 N–H and O–H groups in total. The Bertz CT molecular complexity index is 1480. The minimum absolute atomic E-state index is 0.0298. The van der Waals surface area contributed by atoms with Gasteiger partial charge in [-0.15, -0.1) is 0 Å². The quantitative estimate of drug-likeness (QED) is 0.146. The van der Waals surface area contributed by atoms with E-state index in [-0.39, 0.29) is 17.7 Å². The number of phenols is 1. The van der Waals surface area contributed by atoms with Crippen molar-refractivity contribution in [2.75, 3.05) is 5.32 Å². The first-order chi connectivity index (χ1) is 22.1. The predicted molar refractivity (Wildman–Crippen MR) is 165 cm³/mol. The van der Waals surface area contributed by atoms with E-state index in [0.717, 1.165) is 0 Å². The summed E-state index contributed by atoms with van der Waals surface area (Å²) in [6, 6.07) is 10.9. The maximum atomic E-state index is 13.5. The Morgan fingerprint density at radius 2 is 1.57 bits per heavy atom. The lowest BCUT2D eigenvalue weighted by atomic mass is 9.81. The number of amides is 2. The number of aliphatic hydroxyl groups excluding tert-OH is 1. The molecule has 2 aromatic carbocycles.